The molecule has 1 unspecified atom stereocenters. The molecule has 0 radical (unpaired) electrons. The fourth-order valence-corrected chi connectivity index (χ4v) is 2.05. The molecule has 1 rings (SSSR count). The topological polar surface area (TPSA) is 40.5 Å². The van der Waals surface area contributed by atoms with Crippen molar-refractivity contribution in [3.63, 3.8) is 0 Å². The number of halogens is 1. The van der Waals surface area contributed by atoms with E-state index in [1.807, 2.05) is 25.2 Å². The Kier molecular flexibility index (Phi) is 6.16. The fourth-order valence-electron chi connectivity index (χ4n) is 1.85. The molecule has 0 aliphatic rings. The second-order valence-corrected chi connectivity index (χ2v) is 5.00. The third kappa shape index (κ3) is 5.07. The van der Waals surface area contributed by atoms with Crippen LogP contribution in [0.1, 0.15) is 37.8 Å². The summed E-state index contributed by atoms with van der Waals surface area (Å²) in [5.74, 6) is -0.722. The maximum Gasteiger partial charge on any atom is 0.303 e. The molecule has 3 nitrogen and oxygen atoms in total. The van der Waals surface area contributed by atoms with Crippen LogP contribution in [0.5, 0.6) is 0 Å². The summed E-state index contributed by atoms with van der Waals surface area (Å²) in [7, 11) is 2.05. The molecule has 0 amide bonds. The van der Waals surface area contributed by atoms with E-state index < -0.39 is 5.97 Å². The summed E-state index contributed by atoms with van der Waals surface area (Å²) in [6, 6.07) is 8.13. The van der Waals surface area contributed by atoms with Gasteiger partial charge < -0.3 is 5.11 Å². The van der Waals surface area contributed by atoms with Crippen LogP contribution in [-0.4, -0.2) is 29.6 Å². The van der Waals surface area contributed by atoms with Crippen molar-refractivity contribution >= 4 is 17.6 Å². The average Bonchev–Trinajstić information content (AvgIpc) is 2.33. The molecular weight excluding hydrogens is 250 g/mol. The van der Waals surface area contributed by atoms with Crippen LogP contribution in [0, 0.1) is 0 Å². The fraction of sp³-hybridized carbons (Fsp3) is 0.500. The average molecular weight is 270 g/mol. The van der Waals surface area contributed by atoms with Gasteiger partial charge in [0.05, 0.1) is 0 Å². The van der Waals surface area contributed by atoms with Gasteiger partial charge in [-0.2, -0.15) is 0 Å². The maximum absolute atomic E-state index is 10.4. The molecule has 0 fully saturated rings. The van der Waals surface area contributed by atoms with Gasteiger partial charge in [-0.3, -0.25) is 9.69 Å². The standard InChI is InChI=1S/C14H20ClNO2/c1-11(12-6-5-7-13(15)10-12)16(2)9-4-3-8-14(17)18/h5-7,10-11H,3-4,8-9H2,1-2H3,(H,17,18). The summed E-state index contributed by atoms with van der Waals surface area (Å²) >= 11 is 5.97. The van der Waals surface area contributed by atoms with Crippen LogP contribution in [0.25, 0.3) is 0 Å². The first-order valence-corrected chi connectivity index (χ1v) is 6.56. The van der Waals surface area contributed by atoms with Gasteiger partial charge in [-0.25, -0.2) is 0 Å². The third-order valence-corrected chi connectivity index (χ3v) is 3.38. The SMILES string of the molecule is CC(c1cccc(Cl)c1)N(C)CCCCC(=O)O. The van der Waals surface area contributed by atoms with Gasteiger partial charge in [-0.1, -0.05) is 23.7 Å². The van der Waals surface area contributed by atoms with E-state index in [0.717, 1.165) is 24.4 Å². The highest BCUT2D eigenvalue weighted by molar-refractivity contribution is 6.30. The number of hydrogen-bond donors (Lipinski definition) is 1. The molecule has 0 bridgehead atoms. The lowest BCUT2D eigenvalue weighted by molar-refractivity contribution is -0.137. The molecule has 0 aromatic heterocycles. The van der Waals surface area contributed by atoms with Crippen molar-refractivity contribution in [3.8, 4) is 0 Å². The van der Waals surface area contributed by atoms with E-state index in [9.17, 15) is 4.79 Å². The van der Waals surface area contributed by atoms with E-state index >= 15 is 0 Å². The Labute approximate surface area is 113 Å². The van der Waals surface area contributed by atoms with Crippen molar-refractivity contribution in [1.82, 2.24) is 4.90 Å². The Morgan fingerprint density at radius 1 is 1.44 bits per heavy atom. The van der Waals surface area contributed by atoms with Gasteiger partial charge in [0.25, 0.3) is 0 Å². The number of benzene rings is 1. The smallest absolute Gasteiger partial charge is 0.303 e. The summed E-state index contributed by atoms with van der Waals surface area (Å²) in [5.41, 5.74) is 1.18. The van der Waals surface area contributed by atoms with Crippen LogP contribution in [0.2, 0.25) is 5.02 Å². The molecule has 1 atom stereocenters. The Bertz CT molecular complexity index is 395. The Balaban J connectivity index is 2.41. The first-order chi connectivity index (χ1) is 8.50. The van der Waals surface area contributed by atoms with Gasteiger partial charge in [0.15, 0.2) is 0 Å². The largest absolute Gasteiger partial charge is 0.481 e. The number of unbranched alkanes of at least 4 members (excludes halogenated alkanes) is 1. The molecule has 0 saturated carbocycles. The van der Waals surface area contributed by atoms with Gasteiger partial charge >= 0.3 is 5.97 Å². The summed E-state index contributed by atoms with van der Waals surface area (Å²) < 4.78 is 0. The number of carboxylic acid groups (broad SMARTS) is 1. The highest BCUT2D eigenvalue weighted by atomic mass is 35.5. The van der Waals surface area contributed by atoms with Crippen LogP contribution < -0.4 is 0 Å². The third-order valence-electron chi connectivity index (χ3n) is 3.14. The Morgan fingerprint density at radius 3 is 2.78 bits per heavy atom. The minimum atomic E-state index is -0.722. The number of carboxylic acids is 1. The van der Waals surface area contributed by atoms with Crippen LogP contribution in [0.3, 0.4) is 0 Å². The van der Waals surface area contributed by atoms with E-state index in [2.05, 4.69) is 17.9 Å². The van der Waals surface area contributed by atoms with Crippen molar-refractivity contribution in [3.05, 3.63) is 34.9 Å². The predicted molar refractivity (Wildman–Crippen MR) is 74.0 cm³/mol. The first-order valence-electron chi connectivity index (χ1n) is 6.18. The van der Waals surface area contributed by atoms with Crippen molar-refractivity contribution in [1.29, 1.82) is 0 Å². The lowest BCUT2D eigenvalue weighted by atomic mass is 10.1. The highest BCUT2D eigenvalue weighted by Gasteiger charge is 2.11. The van der Waals surface area contributed by atoms with Crippen LogP contribution >= 0.6 is 11.6 Å². The molecule has 0 aliphatic heterocycles. The zero-order valence-electron chi connectivity index (χ0n) is 10.9. The molecule has 1 aromatic carbocycles. The monoisotopic (exact) mass is 269 g/mol. The van der Waals surface area contributed by atoms with Crippen molar-refractivity contribution in [2.24, 2.45) is 0 Å². The molecule has 0 spiro atoms. The summed E-state index contributed by atoms with van der Waals surface area (Å²) in [4.78, 5) is 12.6. The lowest BCUT2D eigenvalue weighted by Gasteiger charge is -2.25. The van der Waals surface area contributed by atoms with E-state index in [4.69, 9.17) is 16.7 Å². The summed E-state index contributed by atoms with van der Waals surface area (Å²) in [6.45, 7) is 3.02. The Morgan fingerprint density at radius 2 is 2.17 bits per heavy atom. The lowest BCUT2D eigenvalue weighted by Crippen LogP contribution is -2.23. The molecule has 100 valence electrons. The predicted octanol–water partition coefficient (Wildman–Crippen LogP) is 3.59. The first kappa shape index (κ1) is 15.0. The number of rotatable bonds is 7. The zero-order valence-corrected chi connectivity index (χ0v) is 11.7. The van der Waals surface area contributed by atoms with Gasteiger partial charge in [0.2, 0.25) is 0 Å². The molecule has 1 aromatic rings. The second kappa shape index (κ2) is 7.39. The highest BCUT2D eigenvalue weighted by Crippen LogP contribution is 2.22. The number of aliphatic carboxylic acids is 1. The van der Waals surface area contributed by atoms with Crippen molar-refractivity contribution in [2.45, 2.75) is 32.2 Å². The van der Waals surface area contributed by atoms with E-state index in [-0.39, 0.29) is 12.5 Å². The summed E-state index contributed by atoms with van der Waals surface area (Å²) in [6.07, 6.45) is 1.87. The second-order valence-electron chi connectivity index (χ2n) is 4.56. The van der Waals surface area contributed by atoms with Crippen molar-refractivity contribution < 1.29 is 9.90 Å². The molecule has 4 heteroatoms. The van der Waals surface area contributed by atoms with Crippen LogP contribution in [-0.2, 0) is 4.79 Å². The molecule has 1 N–H and O–H groups in total. The number of hydrogen-bond acceptors (Lipinski definition) is 2. The normalized spacial score (nSPS) is 12.7. The minimum absolute atomic E-state index is 0.249. The maximum atomic E-state index is 10.4. The van der Waals surface area contributed by atoms with Crippen molar-refractivity contribution in [2.75, 3.05) is 13.6 Å². The Hall–Kier alpha value is -1.06. The van der Waals surface area contributed by atoms with Gasteiger partial charge in [0.1, 0.15) is 0 Å². The van der Waals surface area contributed by atoms with Gasteiger partial charge in [-0.15, -0.1) is 0 Å². The summed E-state index contributed by atoms with van der Waals surface area (Å²) in [5, 5.41) is 9.32. The molecular formula is C14H20ClNO2. The number of carbonyl (C=O) groups is 1. The molecule has 0 heterocycles. The van der Waals surface area contributed by atoms with E-state index in [1.165, 1.54) is 5.56 Å². The quantitative estimate of drug-likeness (QED) is 0.769. The molecule has 0 saturated heterocycles. The van der Waals surface area contributed by atoms with E-state index in [0.29, 0.717) is 0 Å². The van der Waals surface area contributed by atoms with Gasteiger partial charge in [0, 0.05) is 17.5 Å². The zero-order chi connectivity index (χ0) is 13.5. The van der Waals surface area contributed by atoms with Gasteiger partial charge in [-0.05, 0) is 51.1 Å². The van der Waals surface area contributed by atoms with Crippen LogP contribution in [0.15, 0.2) is 24.3 Å². The van der Waals surface area contributed by atoms with Crippen LogP contribution in [0.4, 0.5) is 0 Å². The van der Waals surface area contributed by atoms with E-state index in [1.54, 1.807) is 0 Å². The molecule has 18 heavy (non-hydrogen) atoms. The minimum Gasteiger partial charge on any atom is -0.481 e. The molecule has 0 aliphatic carbocycles. The number of nitrogens with zero attached hydrogens (tertiary/aromatic N) is 1.